The molecule has 2 heteroatoms. The zero-order valence-electron chi connectivity index (χ0n) is 10.5. The molecule has 0 saturated carbocycles. The highest BCUT2D eigenvalue weighted by Gasteiger charge is 2.19. The minimum Gasteiger partial charge on any atom is -0.462 e. The van der Waals surface area contributed by atoms with Crippen LogP contribution in [0.25, 0.3) is 0 Å². The highest BCUT2D eigenvalue weighted by Crippen LogP contribution is 2.27. The molecule has 0 heterocycles. The van der Waals surface area contributed by atoms with Gasteiger partial charge in [0.1, 0.15) is 0 Å². The minimum absolute atomic E-state index is 0.0997. The van der Waals surface area contributed by atoms with Crippen LogP contribution in [0.1, 0.15) is 50.0 Å². The summed E-state index contributed by atoms with van der Waals surface area (Å²) in [4.78, 5) is 11.6. The third-order valence-corrected chi connectivity index (χ3v) is 3.04. The Bertz CT molecular complexity index is 367. The van der Waals surface area contributed by atoms with Crippen molar-refractivity contribution in [3.8, 4) is 0 Å². The number of carbonyl (C=O) groups excluding carboxylic acids is 1. The number of hydrogen-bond acceptors (Lipinski definition) is 2. The maximum atomic E-state index is 11.6. The molecule has 0 aliphatic carbocycles. The first-order valence-corrected chi connectivity index (χ1v) is 5.79. The van der Waals surface area contributed by atoms with Crippen molar-refractivity contribution in [2.24, 2.45) is 0 Å². The Balaban J connectivity index is 3.00. The molecule has 0 amide bonds. The second kappa shape index (κ2) is 5.15. The Hall–Kier alpha value is -1.31. The average Bonchev–Trinajstić information content (AvgIpc) is 2.29. The maximum absolute atomic E-state index is 11.6. The van der Waals surface area contributed by atoms with Crippen LogP contribution in [0.2, 0.25) is 0 Å². The van der Waals surface area contributed by atoms with Gasteiger partial charge in [-0.2, -0.15) is 0 Å². The lowest BCUT2D eigenvalue weighted by atomic mass is 9.82. The highest BCUT2D eigenvalue weighted by molar-refractivity contribution is 5.89. The number of esters is 1. The molecule has 0 unspecified atom stereocenters. The van der Waals surface area contributed by atoms with Gasteiger partial charge in [-0.05, 0) is 36.5 Å². The largest absolute Gasteiger partial charge is 0.462 e. The fraction of sp³-hybridized carbons (Fsp3) is 0.500. The predicted molar refractivity (Wildman–Crippen MR) is 65.7 cm³/mol. The van der Waals surface area contributed by atoms with Gasteiger partial charge in [0, 0.05) is 0 Å². The van der Waals surface area contributed by atoms with E-state index in [-0.39, 0.29) is 11.4 Å². The summed E-state index contributed by atoms with van der Waals surface area (Å²) >= 11 is 0. The summed E-state index contributed by atoms with van der Waals surface area (Å²) in [7, 11) is 0. The molecule has 16 heavy (non-hydrogen) atoms. The van der Waals surface area contributed by atoms with E-state index in [4.69, 9.17) is 4.74 Å². The lowest BCUT2D eigenvalue weighted by Gasteiger charge is -2.23. The van der Waals surface area contributed by atoms with Crippen molar-refractivity contribution in [3.05, 3.63) is 35.4 Å². The molecule has 0 N–H and O–H groups in total. The summed E-state index contributed by atoms with van der Waals surface area (Å²) in [6, 6.07) is 7.71. The second-order valence-corrected chi connectivity index (χ2v) is 4.54. The Morgan fingerprint density at radius 1 is 1.31 bits per heavy atom. The fourth-order valence-corrected chi connectivity index (χ4v) is 1.49. The monoisotopic (exact) mass is 220 g/mol. The molecule has 0 atom stereocenters. The molecule has 88 valence electrons. The van der Waals surface area contributed by atoms with Crippen LogP contribution in [-0.4, -0.2) is 12.6 Å². The predicted octanol–water partition coefficient (Wildman–Crippen LogP) is 3.55. The first-order valence-electron chi connectivity index (χ1n) is 5.79. The molecule has 0 aliphatic heterocycles. The standard InChI is InChI=1S/C14H20O2/c1-5-14(3,4)12-9-7-8-11(10-12)13(15)16-6-2/h7-10H,5-6H2,1-4H3. The zero-order valence-corrected chi connectivity index (χ0v) is 10.5. The number of carbonyl (C=O) groups is 1. The van der Waals surface area contributed by atoms with Gasteiger partial charge in [-0.1, -0.05) is 32.9 Å². The topological polar surface area (TPSA) is 26.3 Å². The van der Waals surface area contributed by atoms with Gasteiger partial charge in [0.2, 0.25) is 0 Å². The Kier molecular flexibility index (Phi) is 4.11. The molecular formula is C14H20O2. The summed E-state index contributed by atoms with van der Waals surface area (Å²) in [5.41, 5.74) is 1.92. The van der Waals surface area contributed by atoms with Crippen LogP contribution in [0.15, 0.2) is 24.3 Å². The van der Waals surface area contributed by atoms with E-state index in [1.807, 2.05) is 19.1 Å². The summed E-state index contributed by atoms with van der Waals surface area (Å²) in [6.07, 6.45) is 1.04. The van der Waals surface area contributed by atoms with E-state index in [9.17, 15) is 4.79 Å². The molecule has 0 aliphatic rings. The van der Waals surface area contributed by atoms with E-state index in [2.05, 4.69) is 26.8 Å². The van der Waals surface area contributed by atoms with Gasteiger partial charge in [-0.25, -0.2) is 4.79 Å². The molecule has 0 saturated heterocycles. The lowest BCUT2D eigenvalue weighted by molar-refractivity contribution is 0.0526. The van der Waals surface area contributed by atoms with E-state index in [0.29, 0.717) is 12.2 Å². The van der Waals surface area contributed by atoms with Crippen molar-refractivity contribution in [2.75, 3.05) is 6.61 Å². The molecule has 0 spiro atoms. The zero-order chi connectivity index (χ0) is 12.2. The van der Waals surface area contributed by atoms with Crippen molar-refractivity contribution >= 4 is 5.97 Å². The molecule has 1 aromatic carbocycles. The van der Waals surface area contributed by atoms with Crippen LogP contribution >= 0.6 is 0 Å². The van der Waals surface area contributed by atoms with Gasteiger partial charge in [-0.3, -0.25) is 0 Å². The Morgan fingerprint density at radius 3 is 2.56 bits per heavy atom. The van der Waals surface area contributed by atoms with Crippen LogP contribution in [0, 0.1) is 0 Å². The first-order chi connectivity index (χ1) is 7.51. The molecule has 1 rings (SSSR count). The number of benzene rings is 1. The summed E-state index contributed by atoms with van der Waals surface area (Å²) < 4.78 is 4.99. The highest BCUT2D eigenvalue weighted by atomic mass is 16.5. The fourth-order valence-electron chi connectivity index (χ4n) is 1.49. The number of ether oxygens (including phenoxy) is 1. The van der Waals surface area contributed by atoms with Gasteiger partial charge in [-0.15, -0.1) is 0 Å². The lowest BCUT2D eigenvalue weighted by Crippen LogP contribution is -2.16. The van der Waals surface area contributed by atoms with Crippen LogP contribution in [0.5, 0.6) is 0 Å². The molecule has 0 aromatic heterocycles. The van der Waals surface area contributed by atoms with Gasteiger partial charge in [0.25, 0.3) is 0 Å². The first kappa shape index (κ1) is 12.8. The van der Waals surface area contributed by atoms with Gasteiger partial charge in [0.05, 0.1) is 12.2 Å². The molecule has 2 nitrogen and oxygen atoms in total. The number of hydrogen-bond donors (Lipinski definition) is 0. The third-order valence-electron chi connectivity index (χ3n) is 3.04. The van der Waals surface area contributed by atoms with E-state index >= 15 is 0 Å². The molecule has 0 bridgehead atoms. The maximum Gasteiger partial charge on any atom is 0.338 e. The van der Waals surface area contributed by atoms with E-state index in [1.165, 1.54) is 5.56 Å². The van der Waals surface area contributed by atoms with Gasteiger partial charge >= 0.3 is 5.97 Å². The van der Waals surface area contributed by atoms with Crippen LogP contribution in [0.3, 0.4) is 0 Å². The van der Waals surface area contributed by atoms with E-state index in [1.54, 1.807) is 6.07 Å². The van der Waals surface area contributed by atoms with Crippen LogP contribution < -0.4 is 0 Å². The smallest absolute Gasteiger partial charge is 0.338 e. The molecule has 0 radical (unpaired) electrons. The minimum atomic E-state index is -0.240. The van der Waals surface area contributed by atoms with E-state index < -0.39 is 0 Å². The summed E-state index contributed by atoms with van der Waals surface area (Å²) in [6.45, 7) is 8.74. The summed E-state index contributed by atoms with van der Waals surface area (Å²) in [5, 5.41) is 0. The van der Waals surface area contributed by atoms with Gasteiger partial charge in [0.15, 0.2) is 0 Å². The van der Waals surface area contributed by atoms with Crippen molar-refractivity contribution < 1.29 is 9.53 Å². The second-order valence-electron chi connectivity index (χ2n) is 4.54. The van der Waals surface area contributed by atoms with Crippen LogP contribution in [-0.2, 0) is 10.2 Å². The average molecular weight is 220 g/mol. The van der Waals surface area contributed by atoms with Crippen molar-refractivity contribution in [3.63, 3.8) is 0 Å². The SMILES string of the molecule is CCOC(=O)c1cccc(C(C)(C)CC)c1. The molecule has 1 aromatic rings. The van der Waals surface area contributed by atoms with E-state index in [0.717, 1.165) is 6.42 Å². The Morgan fingerprint density at radius 2 is 2.00 bits per heavy atom. The van der Waals surface area contributed by atoms with Crippen molar-refractivity contribution in [1.82, 2.24) is 0 Å². The number of rotatable bonds is 4. The normalized spacial score (nSPS) is 11.2. The van der Waals surface area contributed by atoms with Crippen molar-refractivity contribution in [1.29, 1.82) is 0 Å². The molecular weight excluding hydrogens is 200 g/mol. The van der Waals surface area contributed by atoms with Gasteiger partial charge < -0.3 is 4.74 Å². The quantitative estimate of drug-likeness (QED) is 0.725. The molecule has 0 fully saturated rings. The Labute approximate surface area is 97.6 Å². The van der Waals surface area contributed by atoms with Crippen LogP contribution in [0.4, 0.5) is 0 Å². The summed E-state index contributed by atoms with van der Waals surface area (Å²) in [5.74, 6) is -0.240. The van der Waals surface area contributed by atoms with Crippen molar-refractivity contribution in [2.45, 2.75) is 39.5 Å². The third kappa shape index (κ3) is 2.84.